The van der Waals surface area contributed by atoms with E-state index in [1.54, 1.807) is 0 Å². The lowest BCUT2D eigenvalue weighted by atomic mass is 10.2. The van der Waals surface area contributed by atoms with Gasteiger partial charge < -0.3 is 0 Å². The molecule has 0 unspecified atom stereocenters. The lowest BCUT2D eigenvalue weighted by Gasteiger charge is -2.00. The van der Waals surface area contributed by atoms with Crippen LogP contribution in [0.4, 0.5) is 0 Å². The second-order valence-electron chi connectivity index (χ2n) is 2.90. The Labute approximate surface area is 80.9 Å². The predicted molar refractivity (Wildman–Crippen MR) is 53.8 cm³/mol. The number of hydrogen-bond donors (Lipinski definition) is 0. The highest BCUT2D eigenvalue weighted by atomic mass is 32.2. The van der Waals surface area contributed by atoms with Crippen LogP contribution in [0.15, 0.2) is 12.0 Å². The van der Waals surface area contributed by atoms with E-state index >= 15 is 0 Å². The van der Waals surface area contributed by atoms with Gasteiger partial charge in [-0.15, -0.1) is 0 Å². The third kappa shape index (κ3) is 7.99. The lowest BCUT2D eigenvalue weighted by Crippen LogP contribution is -2.02. The standard InChI is InChI=1S/C9H18O3S/c1-3-5-6-7-8-9-12-13(10,11)4-2/h4H,2-3,5-9H2,1H3. The van der Waals surface area contributed by atoms with Gasteiger partial charge in [-0.3, -0.25) is 4.18 Å². The van der Waals surface area contributed by atoms with E-state index in [9.17, 15) is 8.42 Å². The number of unbranched alkanes of at least 4 members (excludes halogenated alkanes) is 4. The molecular weight excluding hydrogens is 188 g/mol. The summed E-state index contributed by atoms with van der Waals surface area (Å²) in [4.78, 5) is 0. The van der Waals surface area contributed by atoms with Crippen molar-refractivity contribution in [2.45, 2.75) is 39.0 Å². The van der Waals surface area contributed by atoms with E-state index in [1.807, 2.05) is 0 Å². The van der Waals surface area contributed by atoms with E-state index in [0.29, 0.717) is 0 Å². The first-order chi connectivity index (χ1) is 6.12. The summed E-state index contributed by atoms with van der Waals surface area (Å²) in [6, 6.07) is 0. The molecule has 0 amide bonds. The molecule has 3 nitrogen and oxygen atoms in total. The van der Waals surface area contributed by atoms with Crippen molar-refractivity contribution in [3.63, 3.8) is 0 Å². The Morgan fingerprint density at radius 1 is 1.23 bits per heavy atom. The fraction of sp³-hybridized carbons (Fsp3) is 0.778. The summed E-state index contributed by atoms with van der Waals surface area (Å²) in [5.41, 5.74) is 0. The van der Waals surface area contributed by atoms with Gasteiger partial charge in [-0.05, 0) is 6.42 Å². The van der Waals surface area contributed by atoms with Crippen molar-refractivity contribution < 1.29 is 12.6 Å². The maximum absolute atomic E-state index is 10.7. The topological polar surface area (TPSA) is 43.4 Å². The minimum Gasteiger partial charge on any atom is -0.267 e. The van der Waals surface area contributed by atoms with Gasteiger partial charge in [0.15, 0.2) is 0 Å². The SMILES string of the molecule is C=CS(=O)(=O)OCCCCCCC. The van der Waals surface area contributed by atoms with E-state index in [2.05, 4.69) is 17.7 Å². The average molecular weight is 206 g/mol. The van der Waals surface area contributed by atoms with Gasteiger partial charge in [-0.2, -0.15) is 8.42 Å². The minimum atomic E-state index is -3.45. The van der Waals surface area contributed by atoms with Crippen molar-refractivity contribution in [2.24, 2.45) is 0 Å². The normalized spacial score (nSPS) is 11.5. The molecular formula is C9H18O3S. The number of rotatable bonds is 8. The van der Waals surface area contributed by atoms with Crippen LogP contribution in [0.2, 0.25) is 0 Å². The van der Waals surface area contributed by atoms with Crippen LogP contribution >= 0.6 is 0 Å². The molecule has 0 saturated carbocycles. The van der Waals surface area contributed by atoms with Gasteiger partial charge in [0.1, 0.15) is 0 Å². The van der Waals surface area contributed by atoms with Crippen molar-refractivity contribution in [3.05, 3.63) is 12.0 Å². The second kappa shape index (κ2) is 7.09. The molecule has 0 heterocycles. The maximum atomic E-state index is 10.7. The van der Waals surface area contributed by atoms with Crippen LogP contribution in [0.3, 0.4) is 0 Å². The fourth-order valence-electron chi connectivity index (χ4n) is 0.929. The highest BCUT2D eigenvalue weighted by molar-refractivity contribution is 7.89. The molecule has 0 aromatic rings. The van der Waals surface area contributed by atoms with E-state index in [4.69, 9.17) is 0 Å². The van der Waals surface area contributed by atoms with Crippen molar-refractivity contribution in [1.29, 1.82) is 0 Å². The summed E-state index contributed by atoms with van der Waals surface area (Å²) < 4.78 is 26.1. The van der Waals surface area contributed by atoms with Crippen LogP contribution in [0.25, 0.3) is 0 Å². The molecule has 0 rings (SSSR count). The summed E-state index contributed by atoms with van der Waals surface area (Å²) in [6.07, 6.45) is 5.36. The van der Waals surface area contributed by atoms with E-state index in [1.165, 1.54) is 12.8 Å². The monoisotopic (exact) mass is 206 g/mol. The zero-order chi connectivity index (χ0) is 10.2. The van der Waals surface area contributed by atoms with Crippen LogP contribution in [0, 0.1) is 0 Å². The van der Waals surface area contributed by atoms with Gasteiger partial charge in [0.05, 0.1) is 12.0 Å². The van der Waals surface area contributed by atoms with Gasteiger partial charge in [-0.1, -0.05) is 39.2 Å². The molecule has 0 N–H and O–H groups in total. The summed E-state index contributed by atoms with van der Waals surface area (Å²) in [6.45, 7) is 5.56. The molecule has 0 aliphatic rings. The molecule has 0 aliphatic heterocycles. The van der Waals surface area contributed by atoms with Crippen LogP contribution in [0.5, 0.6) is 0 Å². The number of hydrogen-bond acceptors (Lipinski definition) is 3. The Hall–Kier alpha value is -0.350. The Bertz CT molecular complexity index is 219. The molecule has 13 heavy (non-hydrogen) atoms. The van der Waals surface area contributed by atoms with Gasteiger partial charge >= 0.3 is 0 Å². The summed E-state index contributed by atoms with van der Waals surface area (Å²) in [7, 11) is -3.45. The summed E-state index contributed by atoms with van der Waals surface area (Å²) >= 11 is 0. The van der Waals surface area contributed by atoms with E-state index in [-0.39, 0.29) is 6.61 Å². The van der Waals surface area contributed by atoms with Crippen molar-refractivity contribution in [3.8, 4) is 0 Å². The maximum Gasteiger partial charge on any atom is 0.289 e. The van der Waals surface area contributed by atoms with E-state index < -0.39 is 10.1 Å². The lowest BCUT2D eigenvalue weighted by molar-refractivity contribution is 0.312. The molecule has 0 aliphatic carbocycles. The summed E-state index contributed by atoms with van der Waals surface area (Å²) in [5, 5.41) is 0.832. The Morgan fingerprint density at radius 2 is 1.85 bits per heavy atom. The largest absolute Gasteiger partial charge is 0.289 e. The first kappa shape index (κ1) is 12.7. The van der Waals surface area contributed by atoms with Crippen LogP contribution < -0.4 is 0 Å². The first-order valence-electron chi connectivity index (χ1n) is 4.64. The molecule has 0 aromatic heterocycles. The third-order valence-corrected chi connectivity index (χ3v) is 2.60. The molecule has 4 heteroatoms. The molecule has 0 saturated heterocycles. The van der Waals surface area contributed by atoms with Crippen molar-refractivity contribution in [1.82, 2.24) is 0 Å². The van der Waals surface area contributed by atoms with Crippen molar-refractivity contribution in [2.75, 3.05) is 6.61 Å². The average Bonchev–Trinajstić information content (AvgIpc) is 2.11. The molecule has 0 radical (unpaired) electrons. The van der Waals surface area contributed by atoms with Gasteiger partial charge in [0.2, 0.25) is 0 Å². The van der Waals surface area contributed by atoms with Crippen molar-refractivity contribution >= 4 is 10.1 Å². The van der Waals surface area contributed by atoms with Crippen LogP contribution in [-0.2, 0) is 14.3 Å². The van der Waals surface area contributed by atoms with Crippen LogP contribution in [-0.4, -0.2) is 15.0 Å². The van der Waals surface area contributed by atoms with Gasteiger partial charge in [0.25, 0.3) is 10.1 Å². The molecule has 0 bridgehead atoms. The predicted octanol–water partition coefficient (Wildman–Crippen LogP) is 2.45. The molecule has 0 atom stereocenters. The minimum absolute atomic E-state index is 0.276. The Balaban J connectivity index is 3.31. The van der Waals surface area contributed by atoms with Gasteiger partial charge in [-0.25, -0.2) is 0 Å². The molecule has 0 spiro atoms. The van der Waals surface area contributed by atoms with E-state index in [0.717, 1.165) is 24.7 Å². The smallest absolute Gasteiger partial charge is 0.267 e. The quantitative estimate of drug-likeness (QED) is 0.452. The third-order valence-electron chi connectivity index (χ3n) is 1.70. The zero-order valence-electron chi connectivity index (χ0n) is 8.16. The second-order valence-corrected chi connectivity index (χ2v) is 4.45. The first-order valence-corrected chi connectivity index (χ1v) is 6.11. The molecule has 78 valence electrons. The van der Waals surface area contributed by atoms with Gasteiger partial charge in [0, 0.05) is 0 Å². The molecule has 0 aromatic carbocycles. The fourth-order valence-corrected chi connectivity index (χ4v) is 1.38. The zero-order valence-corrected chi connectivity index (χ0v) is 8.98. The Kier molecular flexibility index (Phi) is 6.90. The molecule has 0 fully saturated rings. The Morgan fingerprint density at radius 3 is 2.38 bits per heavy atom. The highest BCUT2D eigenvalue weighted by Gasteiger charge is 2.02. The van der Waals surface area contributed by atoms with Crippen LogP contribution in [0.1, 0.15) is 39.0 Å². The summed E-state index contributed by atoms with van der Waals surface area (Å²) in [5.74, 6) is 0. The highest BCUT2D eigenvalue weighted by Crippen LogP contribution is 2.04.